The molecule has 4 heteroatoms. The maximum absolute atomic E-state index is 4.25. The second kappa shape index (κ2) is 7.27. The van der Waals surface area contributed by atoms with E-state index in [0.29, 0.717) is 0 Å². The van der Waals surface area contributed by atoms with E-state index < -0.39 is 0 Å². The van der Waals surface area contributed by atoms with Gasteiger partial charge in [0.1, 0.15) is 0 Å². The van der Waals surface area contributed by atoms with Crippen LogP contribution in [0.1, 0.15) is 37.9 Å². The fourth-order valence-electron chi connectivity index (χ4n) is 2.47. The van der Waals surface area contributed by atoms with Crippen molar-refractivity contribution in [2.45, 2.75) is 33.4 Å². The van der Waals surface area contributed by atoms with Crippen molar-refractivity contribution in [3.05, 3.63) is 47.8 Å². The summed E-state index contributed by atoms with van der Waals surface area (Å²) in [4.78, 5) is 2.43. The summed E-state index contributed by atoms with van der Waals surface area (Å²) in [6.45, 7) is 9.71. The van der Waals surface area contributed by atoms with Gasteiger partial charge < -0.3 is 5.32 Å². The summed E-state index contributed by atoms with van der Waals surface area (Å²) in [5.41, 5.74) is 3.76. The van der Waals surface area contributed by atoms with Gasteiger partial charge in [-0.3, -0.25) is 9.58 Å². The molecule has 0 aliphatic rings. The summed E-state index contributed by atoms with van der Waals surface area (Å²) < 4.78 is 1.84. The molecule has 0 aliphatic carbocycles. The van der Waals surface area contributed by atoms with Gasteiger partial charge in [0.15, 0.2) is 0 Å². The number of rotatable bonds is 7. The predicted molar refractivity (Wildman–Crippen MR) is 88.3 cm³/mol. The van der Waals surface area contributed by atoms with E-state index in [2.05, 4.69) is 66.5 Å². The third kappa shape index (κ3) is 4.08. The number of aryl methyl sites for hydroxylation is 1. The van der Waals surface area contributed by atoms with Crippen LogP contribution in [0.15, 0.2) is 36.7 Å². The molecule has 0 radical (unpaired) electrons. The van der Waals surface area contributed by atoms with Crippen molar-refractivity contribution in [3.63, 3.8) is 0 Å². The van der Waals surface area contributed by atoms with Gasteiger partial charge in [0, 0.05) is 31.0 Å². The fourth-order valence-corrected chi connectivity index (χ4v) is 2.47. The number of aromatic nitrogens is 2. The van der Waals surface area contributed by atoms with E-state index in [1.807, 2.05) is 17.9 Å². The first kappa shape index (κ1) is 15.6. The number of nitrogens with zero attached hydrogens (tertiary/aromatic N) is 3. The predicted octanol–water partition coefficient (Wildman–Crippen LogP) is 3.44. The lowest BCUT2D eigenvalue weighted by molar-refractivity contribution is 0.296. The van der Waals surface area contributed by atoms with E-state index in [4.69, 9.17) is 0 Å². The van der Waals surface area contributed by atoms with Crippen LogP contribution in [0.4, 0.5) is 5.69 Å². The SMILES string of the molecule is CCN(CC)Cc1ccccc1NC(C)c1cnn(C)c1. The molecule has 4 nitrogen and oxygen atoms in total. The quantitative estimate of drug-likeness (QED) is 0.846. The van der Waals surface area contributed by atoms with Gasteiger partial charge in [-0.2, -0.15) is 5.10 Å². The largest absolute Gasteiger partial charge is 0.378 e. The second-order valence-electron chi connectivity index (χ2n) is 5.43. The summed E-state index contributed by atoms with van der Waals surface area (Å²) in [5, 5.41) is 7.86. The van der Waals surface area contributed by atoms with Gasteiger partial charge in [-0.05, 0) is 31.6 Å². The zero-order chi connectivity index (χ0) is 15.2. The molecule has 21 heavy (non-hydrogen) atoms. The van der Waals surface area contributed by atoms with Crippen LogP contribution in [0.5, 0.6) is 0 Å². The molecule has 0 spiro atoms. The van der Waals surface area contributed by atoms with Gasteiger partial charge in [-0.25, -0.2) is 0 Å². The lowest BCUT2D eigenvalue weighted by Gasteiger charge is -2.22. The van der Waals surface area contributed by atoms with Gasteiger partial charge in [0.2, 0.25) is 0 Å². The monoisotopic (exact) mass is 286 g/mol. The topological polar surface area (TPSA) is 33.1 Å². The van der Waals surface area contributed by atoms with E-state index in [1.165, 1.54) is 16.8 Å². The number of hydrogen-bond donors (Lipinski definition) is 1. The van der Waals surface area contributed by atoms with E-state index in [0.717, 1.165) is 19.6 Å². The maximum Gasteiger partial charge on any atom is 0.0542 e. The highest BCUT2D eigenvalue weighted by atomic mass is 15.2. The number of para-hydroxylation sites is 1. The van der Waals surface area contributed by atoms with Crippen LogP contribution in [-0.2, 0) is 13.6 Å². The van der Waals surface area contributed by atoms with E-state index in [-0.39, 0.29) is 6.04 Å². The second-order valence-corrected chi connectivity index (χ2v) is 5.43. The molecular formula is C17H26N4. The van der Waals surface area contributed by atoms with Crippen molar-refractivity contribution in [3.8, 4) is 0 Å². The average Bonchev–Trinajstić information content (AvgIpc) is 2.93. The molecule has 0 fully saturated rings. The molecule has 1 N–H and O–H groups in total. The Hall–Kier alpha value is -1.81. The molecule has 0 saturated heterocycles. The van der Waals surface area contributed by atoms with Crippen molar-refractivity contribution in [1.29, 1.82) is 0 Å². The Balaban J connectivity index is 2.12. The first-order valence-electron chi connectivity index (χ1n) is 7.69. The van der Waals surface area contributed by atoms with Crippen molar-refractivity contribution in [1.82, 2.24) is 14.7 Å². The van der Waals surface area contributed by atoms with Gasteiger partial charge in [-0.15, -0.1) is 0 Å². The average molecular weight is 286 g/mol. The van der Waals surface area contributed by atoms with Crippen molar-refractivity contribution >= 4 is 5.69 Å². The van der Waals surface area contributed by atoms with E-state index in [9.17, 15) is 0 Å². The van der Waals surface area contributed by atoms with Gasteiger partial charge in [0.05, 0.1) is 12.2 Å². The molecule has 1 heterocycles. The smallest absolute Gasteiger partial charge is 0.0542 e. The van der Waals surface area contributed by atoms with Crippen LogP contribution in [0.2, 0.25) is 0 Å². The molecule has 2 rings (SSSR count). The minimum absolute atomic E-state index is 0.247. The Morgan fingerprint density at radius 1 is 1.24 bits per heavy atom. The van der Waals surface area contributed by atoms with E-state index in [1.54, 1.807) is 0 Å². The van der Waals surface area contributed by atoms with Gasteiger partial charge in [0.25, 0.3) is 0 Å². The Bertz CT molecular complexity index is 557. The van der Waals surface area contributed by atoms with Crippen molar-refractivity contribution < 1.29 is 0 Å². The van der Waals surface area contributed by atoms with Crippen LogP contribution < -0.4 is 5.32 Å². The molecule has 0 bridgehead atoms. The van der Waals surface area contributed by atoms with Gasteiger partial charge in [-0.1, -0.05) is 32.0 Å². The minimum atomic E-state index is 0.247. The maximum atomic E-state index is 4.25. The zero-order valence-electron chi connectivity index (χ0n) is 13.5. The number of nitrogens with one attached hydrogen (secondary N) is 1. The molecule has 1 aromatic heterocycles. The van der Waals surface area contributed by atoms with Crippen LogP contribution in [0.3, 0.4) is 0 Å². The summed E-state index contributed by atoms with van der Waals surface area (Å²) in [6, 6.07) is 8.81. The molecule has 2 aromatic rings. The van der Waals surface area contributed by atoms with E-state index >= 15 is 0 Å². The highest BCUT2D eigenvalue weighted by Crippen LogP contribution is 2.23. The number of benzene rings is 1. The van der Waals surface area contributed by atoms with Crippen molar-refractivity contribution in [2.75, 3.05) is 18.4 Å². The Morgan fingerprint density at radius 3 is 2.57 bits per heavy atom. The third-order valence-corrected chi connectivity index (χ3v) is 3.90. The normalized spacial score (nSPS) is 12.6. The molecule has 0 aliphatic heterocycles. The molecule has 1 unspecified atom stereocenters. The Labute approximate surface area is 127 Å². The van der Waals surface area contributed by atoms with Crippen LogP contribution in [0.25, 0.3) is 0 Å². The summed E-state index contributed by atoms with van der Waals surface area (Å²) in [7, 11) is 1.95. The summed E-state index contributed by atoms with van der Waals surface area (Å²) >= 11 is 0. The third-order valence-electron chi connectivity index (χ3n) is 3.90. The molecule has 1 aromatic carbocycles. The number of anilines is 1. The van der Waals surface area contributed by atoms with Crippen LogP contribution >= 0.6 is 0 Å². The minimum Gasteiger partial charge on any atom is -0.378 e. The van der Waals surface area contributed by atoms with Crippen LogP contribution in [0, 0.1) is 0 Å². The Kier molecular flexibility index (Phi) is 5.39. The molecular weight excluding hydrogens is 260 g/mol. The molecule has 0 amide bonds. The zero-order valence-corrected chi connectivity index (χ0v) is 13.5. The highest BCUT2D eigenvalue weighted by Gasteiger charge is 2.11. The summed E-state index contributed by atoms with van der Waals surface area (Å²) in [6.07, 6.45) is 3.98. The lowest BCUT2D eigenvalue weighted by atomic mass is 10.1. The standard InChI is InChI=1S/C17H26N4/c1-5-21(6-2)13-15-9-7-8-10-17(15)19-14(3)16-11-18-20(4)12-16/h7-12,14,19H,5-6,13H2,1-4H3. The lowest BCUT2D eigenvalue weighted by Crippen LogP contribution is -2.23. The summed E-state index contributed by atoms with van der Waals surface area (Å²) in [5.74, 6) is 0. The van der Waals surface area contributed by atoms with Crippen molar-refractivity contribution in [2.24, 2.45) is 7.05 Å². The Morgan fingerprint density at radius 2 is 1.95 bits per heavy atom. The molecule has 0 saturated carbocycles. The first-order valence-corrected chi connectivity index (χ1v) is 7.69. The highest BCUT2D eigenvalue weighted by molar-refractivity contribution is 5.52. The molecule has 114 valence electrons. The van der Waals surface area contributed by atoms with Gasteiger partial charge >= 0.3 is 0 Å². The van der Waals surface area contributed by atoms with Crippen LogP contribution in [-0.4, -0.2) is 27.8 Å². The molecule has 1 atom stereocenters. The first-order chi connectivity index (χ1) is 10.1. The number of hydrogen-bond acceptors (Lipinski definition) is 3. The fraction of sp³-hybridized carbons (Fsp3) is 0.471.